The number of carbonyl (C=O) groups excluding carboxylic acids is 2. The molecule has 0 aromatic heterocycles. The van der Waals surface area contributed by atoms with Crippen LogP contribution < -0.4 is 5.32 Å². The van der Waals surface area contributed by atoms with Crippen molar-refractivity contribution in [2.45, 2.75) is 64.1 Å². The molecule has 1 aliphatic heterocycles. The summed E-state index contributed by atoms with van der Waals surface area (Å²) in [6, 6.07) is -0.798. The zero-order valence-electron chi connectivity index (χ0n) is 12.9. The number of hydrogen-bond acceptors (Lipinski definition) is 3. The van der Waals surface area contributed by atoms with Crippen LogP contribution in [0, 0.1) is 5.92 Å². The van der Waals surface area contributed by atoms with Crippen LogP contribution in [0.25, 0.3) is 0 Å². The van der Waals surface area contributed by atoms with Crippen molar-refractivity contribution in [3.63, 3.8) is 0 Å². The lowest BCUT2D eigenvalue weighted by Crippen LogP contribution is -2.67. The molecule has 3 unspecified atom stereocenters. The molecule has 0 aromatic rings. The van der Waals surface area contributed by atoms with Gasteiger partial charge in [-0.3, -0.25) is 9.59 Å². The first kappa shape index (κ1) is 15.3. The fourth-order valence-electron chi connectivity index (χ4n) is 2.99. The number of methoxy groups -OCH3 is 1. The van der Waals surface area contributed by atoms with E-state index in [1.165, 1.54) is 0 Å². The number of rotatable bonds is 5. The molecule has 3 atom stereocenters. The average molecular weight is 282 g/mol. The van der Waals surface area contributed by atoms with Crippen molar-refractivity contribution in [1.82, 2.24) is 10.2 Å². The van der Waals surface area contributed by atoms with E-state index >= 15 is 0 Å². The van der Waals surface area contributed by atoms with E-state index in [-0.39, 0.29) is 23.3 Å². The van der Waals surface area contributed by atoms with Gasteiger partial charge in [0.2, 0.25) is 11.8 Å². The minimum atomic E-state index is -0.407. The summed E-state index contributed by atoms with van der Waals surface area (Å²) in [5, 5.41) is 2.87. The van der Waals surface area contributed by atoms with Gasteiger partial charge < -0.3 is 15.0 Å². The molecule has 2 fully saturated rings. The van der Waals surface area contributed by atoms with Gasteiger partial charge in [-0.25, -0.2) is 0 Å². The molecule has 1 aliphatic carbocycles. The summed E-state index contributed by atoms with van der Waals surface area (Å²) in [7, 11) is 1.70. The van der Waals surface area contributed by atoms with Crippen molar-refractivity contribution in [3.05, 3.63) is 0 Å². The smallest absolute Gasteiger partial charge is 0.246 e. The molecule has 2 amide bonds. The Labute approximate surface area is 121 Å². The molecule has 114 valence electrons. The Balaban J connectivity index is 2.15. The summed E-state index contributed by atoms with van der Waals surface area (Å²) in [4.78, 5) is 26.5. The van der Waals surface area contributed by atoms with E-state index in [1.807, 2.05) is 13.8 Å². The van der Waals surface area contributed by atoms with Gasteiger partial charge in [-0.2, -0.15) is 0 Å². The van der Waals surface area contributed by atoms with Crippen molar-refractivity contribution in [3.8, 4) is 0 Å². The Hall–Kier alpha value is -1.10. The van der Waals surface area contributed by atoms with E-state index in [0.717, 1.165) is 25.7 Å². The number of nitrogens with one attached hydrogen (secondary N) is 1. The second kappa shape index (κ2) is 5.72. The Morgan fingerprint density at radius 3 is 2.55 bits per heavy atom. The van der Waals surface area contributed by atoms with E-state index < -0.39 is 12.1 Å². The van der Waals surface area contributed by atoms with Crippen LogP contribution in [0.4, 0.5) is 0 Å². The van der Waals surface area contributed by atoms with E-state index in [9.17, 15) is 9.59 Å². The van der Waals surface area contributed by atoms with Gasteiger partial charge in [0.25, 0.3) is 0 Å². The molecular formula is C15H26N2O3. The molecular weight excluding hydrogens is 256 g/mol. The van der Waals surface area contributed by atoms with Crippen LogP contribution in [0.2, 0.25) is 0 Å². The average Bonchev–Trinajstić information content (AvgIpc) is 2.40. The van der Waals surface area contributed by atoms with Gasteiger partial charge in [0.15, 0.2) is 0 Å². The minimum Gasteiger partial charge on any atom is -0.376 e. The minimum absolute atomic E-state index is 0.0368. The van der Waals surface area contributed by atoms with Crippen LogP contribution in [0.15, 0.2) is 0 Å². The highest BCUT2D eigenvalue weighted by Gasteiger charge is 2.46. The first-order chi connectivity index (χ1) is 9.44. The van der Waals surface area contributed by atoms with Gasteiger partial charge >= 0.3 is 0 Å². The van der Waals surface area contributed by atoms with Gasteiger partial charge in [-0.05, 0) is 32.1 Å². The highest BCUT2D eigenvalue weighted by molar-refractivity contribution is 5.97. The molecule has 5 heteroatoms. The third-order valence-corrected chi connectivity index (χ3v) is 5.06. The predicted molar refractivity (Wildman–Crippen MR) is 76.2 cm³/mol. The fourth-order valence-corrected chi connectivity index (χ4v) is 2.99. The lowest BCUT2D eigenvalue weighted by Gasteiger charge is -2.47. The molecule has 2 aliphatic rings. The molecule has 0 bridgehead atoms. The molecule has 1 saturated carbocycles. The van der Waals surface area contributed by atoms with E-state index in [4.69, 9.17) is 4.74 Å². The van der Waals surface area contributed by atoms with E-state index in [0.29, 0.717) is 6.54 Å². The largest absolute Gasteiger partial charge is 0.376 e. The van der Waals surface area contributed by atoms with Gasteiger partial charge in [0.05, 0.1) is 12.1 Å². The van der Waals surface area contributed by atoms with Crippen LogP contribution in [-0.4, -0.2) is 48.1 Å². The fraction of sp³-hybridized carbons (Fsp3) is 0.867. The molecule has 20 heavy (non-hydrogen) atoms. The Morgan fingerprint density at radius 2 is 2.10 bits per heavy atom. The van der Waals surface area contributed by atoms with Crippen LogP contribution in [-0.2, 0) is 14.3 Å². The predicted octanol–water partition coefficient (Wildman–Crippen LogP) is 1.32. The van der Waals surface area contributed by atoms with Crippen molar-refractivity contribution in [2.24, 2.45) is 5.92 Å². The van der Waals surface area contributed by atoms with Crippen LogP contribution in [0.5, 0.6) is 0 Å². The molecule has 1 N–H and O–H groups in total. The zero-order chi connectivity index (χ0) is 14.9. The summed E-state index contributed by atoms with van der Waals surface area (Å²) in [6.45, 7) is 6.37. The van der Waals surface area contributed by atoms with Crippen LogP contribution in [0.3, 0.4) is 0 Å². The lowest BCUT2D eigenvalue weighted by molar-refractivity contribution is -0.159. The summed E-state index contributed by atoms with van der Waals surface area (Å²) in [5.74, 6) is 0.136. The number of nitrogens with zero attached hydrogens (tertiary/aromatic N) is 1. The third-order valence-electron chi connectivity index (χ3n) is 5.06. The highest BCUT2D eigenvalue weighted by atomic mass is 16.5. The van der Waals surface area contributed by atoms with E-state index in [1.54, 1.807) is 18.9 Å². The number of ether oxygens (including phenoxy) is 1. The standard InChI is InChI=1S/C15H26N2O3/c1-5-10(2)12-14(19)17(11(3)13(18)16-12)9-15(20-4)7-6-8-15/h10-12H,5-9H2,1-4H3,(H,16,18). The van der Waals surface area contributed by atoms with Crippen LogP contribution in [0.1, 0.15) is 46.5 Å². The number of piperazine rings is 1. The van der Waals surface area contributed by atoms with Gasteiger partial charge in [0, 0.05) is 7.11 Å². The van der Waals surface area contributed by atoms with Crippen molar-refractivity contribution < 1.29 is 14.3 Å². The number of amides is 2. The van der Waals surface area contributed by atoms with Gasteiger partial charge in [-0.15, -0.1) is 0 Å². The van der Waals surface area contributed by atoms with Crippen LogP contribution >= 0.6 is 0 Å². The highest BCUT2D eigenvalue weighted by Crippen LogP contribution is 2.36. The van der Waals surface area contributed by atoms with Crippen molar-refractivity contribution in [2.75, 3.05) is 13.7 Å². The number of hydrogen-bond donors (Lipinski definition) is 1. The lowest BCUT2D eigenvalue weighted by atomic mass is 9.79. The second-order valence-corrected chi connectivity index (χ2v) is 6.25. The molecule has 0 spiro atoms. The third kappa shape index (κ3) is 2.55. The topological polar surface area (TPSA) is 58.6 Å². The van der Waals surface area contributed by atoms with Gasteiger partial charge in [-0.1, -0.05) is 20.3 Å². The molecule has 0 aromatic carbocycles. The maximum atomic E-state index is 12.7. The summed E-state index contributed by atoms with van der Waals surface area (Å²) in [6.07, 6.45) is 3.94. The SMILES string of the molecule is CCC(C)C1NC(=O)C(C)N(CC2(OC)CCC2)C1=O. The summed E-state index contributed by atoms with van der Waals surface area (Å²) >= 11 is 0. The maximum Gasteiger partial charge on any atom is 0.246 e. The molecule has 1 saturated heterocycles. The maximum absolute atomic E-state index is 12.7. The van der Waals surface area contributed by atoms with Crippen molar-refractivity contribution in [1.29, 1.82) is 0 Å². The first-order valence-corrected chi connectivity index (χ1v) is 7.60. The molecule has 5 nitrogen and oxygen atoms in total. The Morgan fingerprint density at radius 1 is 1.45 bits per heavy atom. The number of carbonyl (C=O) groups is 2. The second-order valence-electron chi connectivity index (χ2n) is 6.25. The summed E-state index contributed by atoms with van der Waals surface area (Å²) in [5.41, 5.74) is -0.235. The monoisotopic (exact) mass is 282 g/mol. The molecule has 2 rings (SSSR count). The molecule has 0 radical (unpaired) electrons. The van der Waals surface area contributed by atoms with E-state index in [2.05, 4.69) is 5.32 Å². The van der Waals surface area contributed by atoms with Crippen molar-refractivity contribution >= 4 is 11.8 Å². The zero-order valence-corrected chi connectivity index (χ0v) is 12.9. The first-order valence-electron chi connectivity index (χ1n) is 7.60. The Kier molecular flexibility index (Phi) is 4.37. The Bertz CT molecular complexity index is 387. The quantitative estimate of drug-likeness (QED) is 0.827. The van der Waals surface area contributed by atoms with Gasteiger partial charge in [0.1, 0.15) is 12.1 Å². The normalized spacial score (nSPS) is 30.7. The molecule has 1 heterocycles. The summed E-state index contributed by atoms with van der Waals surface area (Å²) < 4.78 is 5.60.